The first kappa shape index (κ1) is 22.4. The van der Waals surface area contributed by atoms with Gasteiger partial charge in [0.2, 0.25) is 10.0 Å². The van der Waals surface area contributed by atoms with E-state index in [9.17, 15) is 8.42 Å². The van der Waals surface area contributed by atoms with Gasteiger partial charge in [0.05, 0.1) is 11.9 Å². The molecule has 0 spiro atoms. The standard InChI is InChI=1S/C19H38N4O3S/c1-20-19(21-12-7-10-17-8-3-2-4-9-17)22-13-15-27(24,25)23-16-18-11-5-6-14-26-18/h17-18,23H,2-16H2,1H3,(H2,20,21,22). The highest BCUT2D eigenvalue weighted by Crippen LogP contribution is 2.26. The maximum absolute atomic E-state index is 12.1. The average molecular weight is 403 g/mol. The molecule has 0 aromatic heterocycles. The smallest absolute Gasteiger partial charge is 0.213 e. The Morgan fingerprint density at radius 3 is 2.48 bits per heavy atom. The molecule has 0 aromatic carbocycles. The minimum atomic E-state index is -3.30. The van der Waals surface area contributed by atoms with Crippen molar-refractivity contribution in [3.8, 4) is 0 Å². The van der Waals surface area contributed by atoms with Gasteiger partial charge in [-0.25, -0.2) is 13.1 Å². The Bertz CT molecular complexity index is 527. The van der Waals surface area contributed by atoms with E-state index in [4.69, 9.17) is 4.74 Å². The Labute approximate surface area is 165 Å². The fraction of sp³-hybridized carbons (Fsp3) is 0.947. The molecule has 8 heteroatoms. The maximum atomic E-state index is 12.1. The quantitative estimate of drug-likeness (QED) is 0.295. The molecule has 2 fully saturated rings. The summed E-state index contributed by atoms with van der Waals surface area (Å²) in [5, 5.41) is 6.37. The van der Waals surface area contributed by atoms with Crippen LogP contribution in [0.15, 0.2) is 4.99 Å². The van der Waals surface area contributed by atoms with Crippen molar-refractivity contribution in [3.05, 3.63) is 0 Å². The van der Waals surface area contributed by atoms with Crippen LogP contribution in [0, 0.1) is 5.92 Å². The van der Waals surface area contributed by atoms with Crippen LogP contribution >= 0.6 is 0 Å². The number of ether oxygens (including phenoxy) is 1. The van der Waals surface area contributed by atoms with E-state index in [-0.39, 0.29) is 11.9 Å². The highest BCUT2D eigenvalue weighted by Gasteiger charge is 2.17. The maximum Gasteiger partial charge on any atom is 0.213 e. The van der Waals surface area contributed by atoms with Gasteiger partial charge in [-0.05, 0) is 38.0 Å². The van der Waals surface area contributed by atoms with E-state index in [1.54, 1.807) is 7.05 Å². The molecule has 1 heterocycles. The van der Waals surface area contributed by atoms with Crippen LogP contribution in [0.5, 0.6) is 0 Å². The summed E-state index contributed by atoms with van der Waals surface area (Å²) in [6.07, 6.45) is 12.4. The summed E-state index contributed by atoms with van der Waals surface area (Å²) in [5.74, 6) is 1.59. The average Bonchev–Trinajstić information content (AvgIpc) is 2.70. The Morgan fingerprint density at radius 2 is 1.78 bits per heavy atom. The van der Waals surface area contributed by atoms with Crippen molar-refractivity contribution < 1.29 is 13.2 Å². The molecule has 2 rings (SSSR count). The third kappa shape index (κ3) is 9.76. The lowest BCUT2D eigenvalue weighted by atomic mass is 9.86. The summed E-state index contributed by atoms with van der Waals surface area (Å²) in [5.41, 5.74) is 0. The van der Waals surface area contributed by atoms with Crippen molar-refractivity contribution >= 4 is 16.0 Å². The van der Waals surface area contributed by atoms with Crippen LogP contribution in [-0.2, 0) is 14.8 Å². The number of sulfonamides is 1. The number of nitrogens with zero attached hydrogens (tertiary/aromatic N) is 1. The van der Waals surface area contributed by atoms with E-state index in [1.807, 2.05) is 0 Å². The van der Waals surface area contributed by atoms with E-state index < -0.39 is 10.0 Å². The molecule has 2 aliphatic rings. The topological polar surface area (TPSA) is 91.8 Å². The zero-order valence-corrected chi connectivity index (χ0v) is 17.7. The molecule has 0 radical (unpaired) electrons. The number of hydrogen-bond acceptors (Lipinski definition) is 4. The van der Waals surface area contributed by atoms with Crippen LogP contribution in [0.3, 0.4) is 0 Å². The predicted molar refractivity (Wildman–Crippen MR) is 111 cm³/mol. The predicted octanol–water partition coefficient (Wildman–Crippen LogP) is 2.00. The van der Waals surface area contributed by atoms with E-state index in [0.29, 0.717) is 19.0 Å². The van der Waals surface area contributed by atoms with Gasteiger partial charge < -0.3 is 15.4 Å². The fourth-order valence-corrected chi connectivity index (χ4v) is 4.81. The molecular formula is C19H38N4O3S. The zero-order chi connectivity index (χ0) is 19.4. The first-order valence-electron chi connectivity index (χ1n) is 10.6. The fourth-order valence-electron chi connectivity index (χ4n) is 3.86. The molecule has 0 bridgehead atoms. The SMILES string of the molecule is CN=C(NCCCC1CCCCC1)NCCS(=O)(=O)NCC1CCCCO1. The van der Waals surface area contributed by atoms with Crippen LogP contribution in [-0.4, -0.2) is 59.5 Å². The highest BCUT2D eigenvalue weighted by atomic mass is 32.2. The van der Waals surface area contributed by atoms with Crippen molar-refractivity contribution in [3.63, 3.8) is 0 Å². The van der Waals surface area contributed by atoms with Crippen LogP contribution < -0.4 is 15.4 Å². The summed E-state index contributed by atoms with van der Waals surface area (Å²) >= 11 is 0. The minimum Gasteiger partial charge on any atom is -0.377 e. The van der Waals surface area contributed by atoms with E-state index in [0.717, 1.165) is 44.8 Å². The Morgan fingerprint density at radius 1 is 1.04 bits per heavy atom. The molecule has 1 saturated carbocycles. The van der Waals surface area contributed by atoms with Gasteiger partial charge in [0.25, 0.3) is 0 Å². The molecule has 27 heavy (non-hydrogen) atoms. The molecule has 3 N–H and O–H groups in total. The second kappa shape index (κ2) is 12.6. The molecular weight excluding hydrogens is 364 g/mol. The lowest BCUT2D eigenvalue weighted by Gasteiger charge is -2.22. The van der Waals surface area contributed by atoms with Crippen LogP contribution in [0.4, 0.5) is 0 Å². The van der Waals surface area contributed by atoms with Gasteiger partial charge >= 0.3 is 0 Å². The second-order valence-electron chi connectivity index (χ2n) is 7.73. The molecule has 7 nitrogen and oxygen atoms in total. The summed E-state index contributed by atoms with van der Waals surface area (Å²) in [6, 6.07) is 0. The molecule has 1 atom stereocenters. The summed E-state index contributed by atoms with van der Waals surface area (Å²) < 4.78 is 32.4. The Hall–Kier alpha value is -0.860. The number of aliphatic imine (C=N–C) groups is 1. The molecule has 1 aliphatic heterocycles. The second-order valence-corrected chi connectivity index (χ2v) is 9.65. The zero-order valence-electron chi connectivity index (χ0n) is 16.8. The molecule has 1 unspecified atom stereocenters. The number of hydrogen-bond donors (Lipinski definition) is 3. The van der Waals surface area contributed by atoms with Crippen LogP contribution in [0.25, 0.3) is 0 Å². The normalized spacial score (nSPS) is 22.6. The largest absolute Gasteiger partial charge is 0.377 e. The van der Waals surface area contributed by atoms with Gasteiger partial charge in [0.15, 0.2) is 5.96 Å². The summed E-state index contributed by atoms with van der Waals surface area (Å²) in [6.45, 7) is 2.32. The van der Waals surface area contributed by atoms with Crippen molar-refractivity contribution in [1.29, 1.82) is 0 Å². The first-order valence-corrected chi connectivity index (χ1v) is 12.3. The third-order valence-corrected chi connectivity index (χ3v) is 6.85. The highest BCUT2D eigenvalue weighted by molar-refractivity contribution is 7.89. The van der Waals surface area contributed by atoms with E-state index >= 15 is 0 Å². The van der Waals surface area contributed by atoms with Crippen LogP contribution in [0.2, 0.25) is 0 Å². The van der Waals surface area contributed by atoms with E-state index in [2.05, 4.69) is 20.3 Å². The van der Waals surface area contributed by atoms with Crippen molar-refractivity contribution in [2.24, 2.45) is 10.9 Å². The summed E-state index contributed by atoms with van der Waals surface area (Å²) in [4.78, 5) is 4.17. The third-order valence-electron chi connectivity index (χ3n) is 5.50. The van der Waals surface area contributed by atoms with Gasteiger partial charge in [-0.3, -0.25) is 4.99 Å². The minimum absolute atomic E-state index is 0.0140. The van der Waals surface area contributed by atoms with Crippen molar-refractivity contribution in [2.75, 3.05) is 39.0 Å². The Balaban J connectivity index is 1.54. The number of rotatable bonds is 10. The summed E-state index contributed by atoms with van der Waals surface area (Å²) in [7, 11) is -1.59. The van der Waals surface area contributed by atoms with Gasteiger partial charge in [0.1, 0.15) is 0 Å². The molecule has 0 amide bonds. The first-order chi connectivity index (χ1) is 13.1. The van der Waals surface area contributed by atoms with E-state index in [1.165, 1.54) is 38.5 Å². The van der Waals surface area contributed by atoms with Crippen LogP contribution in [0.1, 0.15) is 64.2 Å². The molecule has 1 saturated heterocycles. The number of nitrogens with one attached hydrogen (secondary N) is 3. The molecule has 1 aliphatic carbocycles. The monoisotopic (exact) mass is 402 g/mol. The van der Waals surface area contributed by atoms with Gasteiger partial charge in [-0.1, -0.05) is 32.1 Å². The Kier molecular flexibility index (Phi) is 10.4. The lowest BCUT2D eigenvalue weighted by molar-refractivity contribution is 0.0200. The van der Waals surface area contributed by atoms with Gasteiger partial charge in [-0.2, -0.15) is 0 Å². The van der Waals surface area contributed by atoms with Gasteiger partial charge in [0, 0.05) is 33.3 Å². The van der Waals surface area contributed by atoms with Gasteiger partial charge in [-0.15, -0.1) is 0 Å². The lowest BCUT2D eigenvalue weighted by Crippen LogP contribution is -2.42. The molecule has 0 aromatic rings. The van der Waals surface area contributed by atoms with Crippen molar-refractivity contribution in [1.82, 2.24) is 15.4 Å². The number of guanidine groups is 1. The molecule has 158 valence electrons. The van der Waals surface area contributed by atoms with Crippen molar-refractivity contribution in [2.45, 2.75) is 70.3 Å².